The van der Waals surface area contributed by atoms with Crippen LogP contribution in [0.1, 0.15) is 0 Å². The Labute approximate surface area is 652 Å². The lowest BCUT2D eigenvalue weighted by atomic mass is 10.0. The summed E-state index contributed by atoms with van der Waals surface area (Å²) in [5.74, 6) is 0. The molecular weight excluding hydrogens is 1390 g/mol. The van der Waals surface area contributed by atoms with Crippen molar-refractivity contribution in [2.45, 2.75) is 0 Å². The third kappa shape index (κ3) is 9.72. The van der Waals surface area contributed by atoms with Crippen LogP contribution in [0, 0.1) is 0 Å². The fourth-order valence-corrected chi connectivity index (χ4v) is 19.9. The number of rotatable bonds is 8. The zero-order valence-corrected chi connectivity index (χ0v) is 62.0. The minimum atomic E-state index is 1.16. The highest BCUT2D eigenvalue weighted by atomic mass is 32.1. The maximum absolute atomic E-state index is 2.44. The molecule has 18 aromatic carbocycles. The van der Waals surface area contributed by atoms with Gasteiger partial charge in [-0.15, -0.1) is 11.3 Å². The highest BCUT2D eigenvalue weighted by molar-refractivity contribution is 7.25. The Balaban J connectivity index is 0.000000131. The number of fused-ring (bicyclic) bond motifs is 22. The van der Waals surface area contributed by atoms with Crippen molar-refractivity contribution in [1.29, 1.82) is 0 Å². The summed E-state index contributed by atoms with van der Waals surface area (Å²) in [6.07, 6.45) is 0. The maximum Gasteiger partial charge on any atom is 0.0542 e. The molecule has 6 nitrogen and oxygen atoms in total. The van der Waals surface area contributed by atoms with Gasteiger partial charge in [0.1, 0.15) is 0 Å². The van der Waals surface area contributed by atoms with E-state index in [-0.39, 0.29) is 0 Å². The molecule has 0 amide bonds. The number of para-hydroxylation sites is 8. The number of hydrogen-bond donors (Lipinski definition) is 0. The van der Waals surface area contributed by atoms with E-state index in [9.17, 15) is 0 Å². The number of hydrogen-bond acceptors (Lipinski definition) is 1. The molecule has 0 saturated heterocycles. The van der Waals surface area contributed by atoms with Gasteiger partial charge in [0.2, 0.25) is 0 Å². The van der Waals surface area contributed by atoms with Gasteiger partial charge in [0.15, 0.2) is 0 Å². The van der Waals surface area contributed by atoms with E-state index in [1.54, 1.807) is 0 Å². The molecule has 0 N–H and O–H groups in total. The molecule has 0 atom stereocenters. The van der Waals surface area contributed by atoms with Crippen LogP contribution in [0.25, 0.3) is 218 Å². The second-order valence-electron chi connectivity index (χ2n) is 29.9. The molecule has 0 bridgehead atoms. The van der Waals surface area contributed by atoms with Crippen molar-refractivity contribution in [3.63, 3.8) is 0 Å². The Morgan fingerprint density at radius 1 is 0.133 bits per heavy atom. The van der Waals surface area contributed by atoms with Crippen LogP contribution >= 0.6 is 11.3 Å². The van der Waals surface area contributed by atoms with Crippen LogP contribution in [0.4, 0.5) is 0 Å². The lowest BCUT2D eigenvalue weighted by Crippen LogP contribution is -1.96. The molecule has 0 saturated carbocycles. The lowest BCUT2D eigenvalue weighted by molar-refractivity contribution is 1.17. The molecule has 25 rings (SSSR count). The van der Waals surface area contributed by atoms with E-state index in [2.05, 4.69) is 428 Å². The van der Waals surface area contributed by atoms with E-state index in [1.807, 2.05) is 11.3 Å². The summed E-state index contributed by atoms with van der Waals surface area (Å²) >= 11 is 1.86. The van der Waals surface area contributed by atoms with E-state index >= 15 is 0 Å². The molecular formula is C106H66N6S. The van der Waals surface area contributed by atoms with Crippen molar-refractivity contribution in [3.8, 4) is 56.4 Å². The first-order chi connectivity index (χ1) is 56.0. The van der Waals surface area contributed by atoms with Crippen LogP contribution in [-0.2, 0) is 0 Å². The van der Waals surface area contributed by atoms with Crippen molar-refractivity contribution < 1.29 is 0 Å². The normalized spacial score (nSPS) is 12.1. The first kappa shape index (κ1) is 63.2. The summed E-state index contributed by atoms with van der Waals surface area (Å²) in [6, 6.07) is 147. The number of thiophene rings is 1. The van der Waals surface area contributed by atoms with Gasteiger partial charge in [0, 0.05) is 119 Å². The van der Waals surface area contributed by atoms with Crippen LogP contribution < -0.4 is 0 Å². The van der Waals surface area contributed by atoms with Crippen LogP contribution in [0.5, 0.6) is 0 Å². The Morgan fingerprint density at radius 2 is 0.381 bits per heavy atom. The van der Waals surface area contributed by atoms with E-state index in [1.165, 1.54) is 207 Å². The summed E-state index contributed by atoms with van der Waals surface area (Å²) in [5.41, 5.74) is 26.4. The fraction of sp³-hybridized carbons (Fsp3) is 0. The quantitative estimate of drug-likeness (QED) is 0.145. The summed E-state index contributed by atoms with van der Waals surface area (Å²) in [6.45, 7) is 0. The van der Waals surface area contributed by atoms with E-state index in [0.29, 0.717) is 0 Å². The van der Waals surface area contributed by atoms with Gasteiger partial charge in [0.25, 0.3) is 0 Å². The monoisotopic (exact) mass is 1450 g/mol. The average molecular weight is 1460 g/mol. The summed E-state index contributed by atoms with van der Waals surface area (Å²) < 4.78 is 17.1. The van der Waals surface area contributed by atoms with Gasteiger partial charge in [-0.2, -0.15) is 0 Å². The minimum Gasteiger partial charge on any atom is -0.309 e. The Bertz CT molecular complexity index is 8260. The van der Waals surface area contributed by atoms with Gasteiger partial charge in [-0.3, -0.25) is 0 Å². The molecule has 0 radical (unpaired) electrons. The van der Waals surface area contributed by atoms with Crippen LogP contribution in [0.3, 0.4) is 0 Å². The van der Waals surface area contributed by atoms with E-state index in [4.69, 9.17) is 0 Å². The Kier molecular flexibility index (Phi) is 13.9. The SMILES string of the molecule is c1ccc(-n2c3ccccc3c3cc(-c4ccc5c(c4)c4ccccc4n5-c4ccc5c(c4)c4ccccc4n5-c4ccc5ccccc5c4)ccc32)cc1.c1ccc(-n2c3ccccc3c3cc(-c4ccc5c(c4)c4ccccc4n5-c4ccc5c(c4)c4ccccc4n5-c4ccc5sc6ccccc6c5c4)ccc32)cc1. The second-order valence-corrected chi connectivity index (χ2v) is 31.0. The average Bonchev–Trinajstić information content (AvgIpc) is 1.57. The highest BCUT2D eigenvalue weighted by Gasteiger charge is 2.23. The second kappa shape index (κ2) is 24.9. The van der Waals surface area contributed by atoms with Gasteiger partial charge < -0.3 is 27.4 Å². The number of aromatic nitrogens is 6. The zero-order valence-electron chi connectivity index (χ0n) is 61.2. The molecule has 7 aromatic heterocycles. The predicted octanol–water partition coefficient (Wildman–Crippen LogP) is 28.8. The largest absolute Gasteiger partial charge is 0.309 e. The first-order valence-corrected chi connectivity index (χ1v) is 39.6. The molecule has 0 aliphatic heterocycles. The fourth-order valence-electron chi connectivity index (χ4n) is 18.8. The summed E-state index contributed by atoms with van der Waals surface area (Å²) in [7, 11) is 0. The summed E-state index contributed by atoms with van der Waals surface area (Å²) in [4.78, 5) is 0. The number of benzene rings is 18. The van der Waals surface area contributed by atoms with E-state index in [0.717, 1.165) is 11.4 Å². The van der Waals surface area contributed by atoms with Crippen LogP contribution in [0.2, 0.25) is 0 Å². The van der Waals surface area contributed by atoms with Crippen LogP contribution in [-0.4, -0.2) is 27.4 Å². The zero-order chi connectivity index (χ0) is 73.9. The standard InChI is InChI=1S/C54H33N3S.C52H33N3/c1-2-12-36(13-3-1)55-47-18-8-4-14-39(47)43-30-34(22-26-50(43)55)35-23-27-51-44(31-35)40-15-5-9-19-48(40)56(51)37-24-28-52-45(32-37)41-16-6-10-20-49(41)57(52)38-25-29-54-46(33-38)42-17-7-11-21-53(42)58-54;1-2-14-38(15-3-1)53-47-19-9-6-16-41(47)44-31-36(23-27-50(44)53)37-24-28-51-45(32-37)42-17-7-10-20-48(42)55(51)40-26-29-52-46(33-40)43-18-8-11-21-49(43)54(52)39-25-22-34-12-4-5-13-35(34)30-39/h1-33H;1-33H. The van der Waals surface area contributed by atoms with Gasteiger partial charge in [-0.05, 0) is 215 Å². The molecule has 0 aliphatic rings. The van der Waals surface area contributed by atoms with E-state index < -0.39 is 0 Å². The molecule has 0 spiro atoms. The predicted molar refractivity (Wildman–Crippen MR) is 480 cm³/mol. The first-order valence-electron chi connectivity index (χ1n) is 38.8. The maximum atomic E-state index is 2.44. The summed E-state index contributed by atoms with van der Waals surface area (Å²) in [5, 5.41) is 20.1. The molecule has 113 heavy (non-hydrogen) atoms. The molecule has 526 valence electrons. The molecule has 7 heterocycles. The third-order valence-corrected chi connectivity index (χ3v) is 25.0. The van der Waals surface area contributed by atoms with Crippen molar-refractivity contribution in [2.75, 3.05) is 0 Å². The molecule has 0 fully saturated rings. The third-order valence-electron chi connectivity index (χ3n) is 23.8. The highest BCUT2D eigenvalue weighted by Crippen LogP contribution is 2.45. The minimum absolute atomic E-state index is 1.16. The Morgan fingerprint density at radius 3 is 0.761 bits per heavy atom. The van der Waals surface area contributed by atoms with Gasteiger partial charge in [-0.25, -0.2) is 0 Å². The van der Waals surface area contributed by atoms with Crippen molar-refractivity contribution >= 4 is 173 Å². The molecule has 7 heteroatoms. The van der Waals surface area contributed by atoms with Gasteiger partial charge in [0.05, 0.1) is 66.2 Å². The van der Waals surface area contributed by atoms with Crippen molar-refractivity contribution in [2.24, 2.45) is 0 Å². The van der Waals surface area contributed by atoms with Gasteiger partial charge in [-0.1, -0.05) is 218 Å². The Hall–Kier alpha value is -14.8. The lowest BCUT2D eigenvalue weighted by Gasteiger charge is -2.11. The smallest absolute Gasteiger partial charge is 0.0542 e. The molecule has 0 unspecified atom stereocenters. The van der Waals surface area contributed by atoms with Gasteiger partial charge >= 0.3 is 0 Å². The molecule has 25 aromatic rings. The molecule has 0 aliphatic carbocycles. The number of nitrogens with zero attached hydrogens (tertiary/aromatic N) is 6. The van der Waals surface area contributed by atoms with Crippen molar-refractivity contribution in [3.05, 3.63) is 400 Å². The van der Waals surface area contributed by atoms with Crippen molar-refractivity contribution in [1.82, 2.24) is 27.4 Å². The van der Waals surface area contributed by atoms with Crippen LogP contribution in [0.15, 0.2) is 400 Å². The topological polar surface area (TPSA) is 29.6 Å².